The van der Waals surface area contributed by atoms with E-state index in [9.17, 15) is 0 Å². The summed E-state index contributed by atoms with van der Waals surface area (Å²) in [5.41, 5.74) is 5.88. The normalized spacial score (nSPS) is 32.4. The van der Waals surface area contributed by atoms with Crippen LogP contribution in [0.4, 0.5) is 0 Å². The first-order valence-electron chi connectivity index (χ1n) is 5.50. The minimum Gasteiger partial charge on any atom is -0.328 e. The Morgan fingerprint density at radius 2 is 1.93 bits per heavy atom. The van der Waals surface area contributed by atoms with Gasteiger partial charge in [-0.3, -0.25) is 5.10 Å². The lowest BCUT2D eigenvalue weighted by Crippen LogP contribution is -2.14. The van der Waals surface area contributed by atoms with Crippen molar-refractivity contribution < 1.29 is 0 Å². The van der Waals surface area contributed by atoms with Crippen LogP contribution in [0.2, 0.25) is 0 Å². The Balaban J connectivity index is 1.75. The van der Waals surface area contributed by atoms with Crippen molar-refractivity contribution >= 4 is 0 Å². The SMILES string of the molecule is N[C@H]1CC[C@@H](c2n[nH]c(C3CC3)n2)C1. The summed E-state index contributed by atoms with van der Waals surface area (Å²) in [5, 5.41) is 7.36. The molecule has 0 aromatic carbocycles. The fourth-order valence-corrected chi connectivity index (χ4v) is 2.26. The van der Waals surface area contributed by atoms with E-state index >= 15 is 0 Å². The molecule has 4 heteroatoms. The van der Waals surface area contributed by atoms with Crippen molar-refractivity contribution in [3.63, 3.8) is 0 Å². The molecule has 1 aromatic heterocycles. The predicted molar refractivity (Wildman–Crippen MR) is 52.9 cm³/mol. The molecule has 0 aliphatic heterocycles. The minimum atomic E-state index is 0.364. The van der Waals surface area contributed by atoms with Crippen LogP contribution in [0.1, 0.15) is 55.6 Å². The predicted octanol–water partition coefficient (Wildman–Crippen LogP) is 1.28. The highest BCUT2D eigenvalue weighted by molar-refractivity contribution is 5.08. The van der Waals surface area contributed by atoms with Gasteiger partial charge in [0, 0.05) is 17.9 Å². The van der Waals surface area contributed by atoms with E-state index in [4.69, 9.17) is 5.73 Å². The van der Waals surface area contributed by atoms with Crippen LogP contribution in [-0.4, -0.2) is 21.2 Å². The Kier molecular flexibility index (Phi) is 1.83. The summed E-state index contributed by atoms with van der Waals surface area (Å²) in [5.74, 6) is 3.28. The molecule has 2 atom stereocenters. The third kappa shape index (κ3) is 1.43. The highest BCUT2D eigenvalue weighted by Gasteiger charge is 2.30. The summed E-state index contributed by atoms with van der Waals surface area (Å²) in [4.78, 5) is 4.57. The molecule has 4 nitrogen and oxygen atoms in total. The van der Waals surface area contributed by atoms with Crippen LogP contribution in [0.5, 0.6) is 0 Å². The maximum absolute atomic E-state index is 5.88. The molecule has 3 N–H and O–H groups in total. The van der Waals surface area contributed by atoms with E-state index in [2.05, 4.69) is 15.2 Å². The number of rotatable bonds is 2. The van der Waals surface area contributed by atoms with Crippen molar-refractivity contribution in [3.8, 4) is 0 Å². The topological polar surface area (TPSA) is 67.6 Å². The van der Waals surface area contributed by atoms with Crippen LogP contribution in [-0.2, 0) is 0 Å². The van der Waals surface area contributed by atoms with Gasteiger partial charge in [0.05, 0.1) is 0 Å². The van der Waals surface area contributed by atoms with E-state index in [-0.39, 0.29) is 0 Å². The van der Waals surface area contributed by atoms with Crippen LogP contribution in [0.25, 0.3) is 0 Å². The second-order valence-corrected chi connectivity index (χ2v) is 4.62. The van der Waals surface area contributed by atoms with Gasteiger partial charge in [-0.15, -0.1) is 0 Å². The van der Waals surface area contributed by atoms with Gasteiger partial charge in [0.25, 0.3) is 0 Å². The molecule has 0 radical (unpaired) electrons. The molecule has 2 aliphatic rings. The van der Waals surface area contributed by atoms with Crippen molar-refractivity contribution in [1.82, 2.24) is 15.2 Å². The molecule has 0 saturated heterocycles. The molecule has 76 valence electrons. The van der Waals surface area contributed by atoms with E-state index in [1.807, 2.05) is 0 Å². The van der Waals surface area contributed by atoms with Crippen LogP contribution < -0.4 is 5.73 Å². The second-order valence-electron chi connectivity index (χ2n) is 4.62. The quantitative estimate of drug-likeness (QED) is 0.741. The summed E-state index contributed by atoms with van der Waals surface area (Å²) in [6, 6.07) is 0.364. The summed E-state index contributed by atoms with van der Waals surface area (Å²) >= 11 is 0. The van der Waals surface area contributed by atoms with Gasteiger partial charge in [-0.2, -0.15) is 5.10 Å². The van der Waals surface area contributed by atoms with Gasteiger partial charge >= 0.3 is 0 Å². The van der Waals surface area contributed by atoms with E-state index in [1.54, 1.807) is 0 Å². The molecule has 3 rings (SSSR count). The smallest absolute Gasteiger partial charge is 0.153 e. The Morgan fingerprint density at radius 1 is 1.14 bits per heavy atom. The zero-order valence-corrected chi connectivity index (χ0v) is 8.24. The molecule has 1 aromatic rings. The van der Waals surface area contributed by atoms with Crippen LogP contribution in [0, 0.1) is 0 Å². The van der Waals surface area contributed by atoms with Crippen molar-refractivity contribution in [2.45, 2.75) is 50.0 Å². The van der Waals surface area contributed by atoms with Gasteiger partial charge in [-0.1, -0.05) is 0 Å². The summed E-state index contributed by atoms with van der Waals surface area (Å²) < 4.78 is 0. The van der Waals surface area contributed by atoms with E-state index in [1.165, 1.54) is 12.8 Å². The lowest BCUT2D eigenvalue weighted by atomic mass is 10.1. The standard InChI is InChI=1S/C10H16N4/c11-8-4-3-7(5-8)10-12-9(13-14-10)6-1-2-6/h6-8H,1-5,11H2,(H,12,13,14)/t7-,8+/m1/s1. The van der Waals surface area contributed by atoms with E-state index in [0.29, 0.717) is 17.9 Å². The number of hydrogen-bond acceptors (Lipinski definition) is 3. The maximum atomic E-state index is 5.88. The zero-order chi connectivity index (χ0) is 9.54. The monoisotopic (exact) mass is 192 g/mol. The second kappa shape index (κ2) is 3.05. The lowest BCUT2D eigenvalue weighted by Gasteiger charge is -2.02. The molecule has 0 spiro atoms. The molecule has 2 aliphatic carbocycles. The molecule has 2 fully saturated rings. The maximum Gasteiger partial charge on any atom is 0.153 e. The molecule has 0 unspecified atom stereocenters. The number of nitrogens with two attached hydrogens (primary N) is 1. The van der Waals surface area contributed by atoms with Crippen molar-refractivity contribution in [1.29, 1.82) is 0 Å². The summed E-state index contributed by atoms with van der Waals surface area (Å²) in [6.45, 7) is 0. The number of aromatic nitrogens is 3. The third-order valence-electron chi connectivity index (χ3n) is 3.32. The number of hydrogen-bond donors (Lipinski definition) is 2. The molecule has 0 bridgehead atoms. The van der Waals surface area contributed by atoms with Crippen LogP contribution >= 0.6 is 0 Å². The fraction of sp³-hybridized carbons (Fsp3) is 0.800. The third-order valence-corrected chi connectivity index (χ3v) is 3.32. The number of nitrogens with zero attached hydrogens (tertiary/aromatic N) is 2. The van der Waals surface area contributed by atoms with Gasteiger partial charge in [-0.05, 0) is 32.1 Å². The Labute approximate surface area is 83.3 Å². The highest BCUT2D eigenvalue weighted by atomic mass is 15.2. The molecular weight excluding hydrogens is 176 g/mol. The van der Waals surface area contributed by atoms with Crippen molar-refractivity contribution in [2.75, 3.05) is 0 Å². The van der Waals surface area contributed by atoms with Gasteiger partial charge in [0.15, 0.2) is 5.82 Å². The first kappa shape index (κ1) is 8.41. The first-order chi connectivity index (χ1) is 6.83. The average molecular weight is 192 g/mol. The van der Waals surface area contributed by atoms with Crippen molar-refractivity contribution in [2.24, 2.45) is 5.73 Å². The molecule has 14 heavy (non-hydrogen) atoms. The molecule has 1 heterocycles. The summed E-state index contributed by atoms with van der Waals surface area (Å²) in [7, 11) is 0. The fourth-order valence-electron chi connectivity index (χ4n) is 2.26. The van der Waals surface area contributed by atoms with Crippen molar-refractivity contribution in [3.05, 3.63) is 11.6 Å². The minimum absolute atomic E-state index is 0.364. The van der Waals surface area contributed by atoms with Gasteiger partial charge in [0.2, 0.25) is 0 Å². The Bertz CT molecular complexity index is 329. The van der Waals surface area contributed by atoms with Gasteiger partial charge in [-0.25, -0.2) is 4.98 Å². The molecule has 0 amide bonds. The number of H-pyrrole nitrogens is 1. The summed E-state index contributed by atoms with van der Waals surface area (Å²) in [6.07, 6.45) is 5.89. The van der Waals surface area contributed by atoms with E-state index < -0.39 is 0 Å². The lowest BCUT2D eigenvalue weighted by molar-refractivity contribution is 0.645. The van der Waals surface area contributed by atoms with Gasteiger partial charge < -0.3 is 5.73 Å². The van der Waals surface area contributed by atoms with Gasteiger partial charge in [0.1, 0.15) is 5.82 Å². The Morgan fingerprint density at radius 3 is 2.57 bits per heavy atom. The van der Waals surface area contributed by atoms with Crippen LogP contribution in [0.3, 0.4) is 0 Å². The Hall–Kier alpha value is -0.900. The van der Waals surface area contributed by atoms with E-state index in [0.717, 1.165) is 30.9 Å². The molecular formula is C10H16N4. The average Bonchev–Trinajstić information content (AvgIpc) is 2.76. The zero-order valence-electron chi connectivity index (χ0n) is 8.24. The molecule has 2 saturated carbocycles. The highest BCUT2D eigenvalue weighted by Crippen LogP contribution is 2.39. The number of nitrogens with one attached hydrogen (secondary N) is 1. The largest absolute Gasteiger partial charge is 0.328 e. The van der Waals surface area contributed by atoms with Crippen LogP contribution in [0.15, 0.2) is 0 Å². The number of aromatic amines is 1. The first-order valence-corrected chi connectivity index (χ1v) is 5.50.